The van der Waals surface area contributed by atoms with Crippen molar-refractivity contribution < 1.29 is 4.57 Å². The lowest BCUT2D eigenvalue weighted by Crippen LogP contribution is -2.30. The van der Waals surface area contributed by atoms with Crippen LogP contribution < -0.4 is 4.57 Å². The SMILES string of the molecule is Cc1ccc2nc(C(C)C)sc2c1-c1n(-c2ccc(-c3ccccc3)cc2)c2ccccc2[n+]1C. The first-order chi connectivity index (χ1) is 17.0. The molecular weight excluding hydrogens is 446 g/mol. The van der Waals surface area contributed by atoms with Gasteiger partial charge in [-0.1, -0.05) is 74.5 Å². The van der Waals surface area contributed by atoms with Crippen LogP contribution in [0.5, 0.6) is 0 Å². The molecule has 0 atom stereocenters. The number of benzene rings is 4. The summed E-state index contributed by atoms with van der Waals surface area (Å²) in [5, 5.41) is 1.18. The lowest BCUT2D eigenvalue weighted by molar-refractivity contribution is -0.633. The van der Waals surface area contributed by atoms with Crippen molar-refractivity contribution in [1.82, 2.24) is 9.55 Å². The molecule has 6 rings (SSSR count). The van der Waals surface area contributed by atoms with E-state index >= 15 is 0 Å². The molecule has 0 bridgehead atoms. The van der Waals surface area contributed by atoms with Crippen molar-refractivity contribution in [2.24, 2.45) is 7.05 Å². The molecule has 2 aromatic heterocycles. The van der Waals surface area contributed by atoms with E-state index in [1.807, 2.05) is 11.3 Å². The molecule has 3 nitrogen and oxygen atoms in total. The smallest absolute Gasteiger partial charge is 0.241 e. The van der Waals surface area contributed by atoms with Gasteiger partial charge in [0.1, 0.15) is 5.69 Å². The van der Waals surface area contributed by atoms with Gasteiger partial charge in [-0.25, -0.2) is 9.55 Å². The van der Waals surface area contributed by atoms with Crippen LogP contribution in [0, 0.1) is 6.92 Å². The summed E-state index contributed by atoms with van der Waals surface area (Å²) in [7, 11) is 2.18. The second-order valence-corrected chi connectivity index (χ2v) is 10.5. The molecule has 0 aliphatic heterocycles. The average molecular weight is 475 g/mol. The Hall–Kier alpha value is -3.76. The minimum absolute atomic E-state index is 0.408. The van der Waals surface area contributed by atoms with E-state index in [9.17, 15) is 0 Å². The monoisotopic (exact) mass is 474 g/mol. The van der Waals surface area contributed by atoms with E-state index in [-0.39, 0.29) is 0 Å². The van der Waals surface area contributed by atoms with Gasteiger partial charge in [-0.3, -0.25) is 0 Å². The molecule has 0 saturated heterocycles. The van der Waals surface area contributed by atoms with Gasteiger partial charge in [0.15, 0.2) is 11.0 Å². The Morgan fingerprint density at radius 2 is 1.49 bits per heavy atom. The van der Waals surface area contributed by atoms with Crippen LogP contribution in [0.3, 0.4) is 0 Å². The quantitative estimate of drug-likeness (QED) is 0.239. The van der Waals surface area contributed by atoms with Crippen LogP contribution in [0.2, 0.25) is 0 Å². The zero-order chi connectivity index (χ0) is 24.1. The van der Waals surface area contributed by atoms with Crippen molar-refractivity contribution in [2.75, 3.05) is 0 Å². The van der Waals surface area contributed by atoms with Crippen LogP contribution in [0.15, 0.2) is 91.0 Å². The van der Waals surface area contributed by atoms with E-state index in [0.29, 0.717) is 5.92 Å². The lowest BCUT2D eigenvalue weighted by atomic mass is 10.0. The minimum Gasteiger partial charge on any atom is -0.241 e. The number of thiazole rings is 1. The molecule has 6 aromatic rings. The van der Waals surface area contributed by atoms with Gasteiger partial charge < -0.3 is 0 Å². The predicted molar refractivity (Wildman–Crippen MR) is 147 cm³/mol. The van der Waals surface area contributed by atoms with Gasteiger partial charge in [0.05, 0.1) is 27.8 Å². The molecule has 2 heterocycles. The summed E-state index contributed by atoms with van der Waals surface area (Å²) in [6.07, 6.45) is 0. The van der Waals surface area contributed by atoms with E-state index in [4.69, 9.17) is 4.98 Å². The highest BCUT2D eigenvalue weighted by Gasteiger charge is 2.29. The molecule has 0 aliphatic carbocycles. The molecule has 4 heteroatoms. The van der Waals surface area contributed by atoms with E-state index in [2.05, 4.69) is 128 Å². The van der Waals surface area contributed by atoms with Crippen molar-refractivity contribution in [3.05, 3.63) is 102 Å². The Labute approximate surface area is 209 Å². The van der Waals surface area contributed by atoms with Crippen LogP contribution in [-0.4, -0.2) is 9.55 Å². The van der Waals surface area contributed by atoms with Crippen molar-refractivity contribution in [1.29, 1.82) is 0 Å². The largest absolute Gasteiger partial charge is 0.296 e. The summed E-state index contributed by atoms with van der Waals surface area (Å²) in [4.78, 5) is 4.97. The van der Waals surface area contributed by atoms with Gasteiger partial charge in [0.25, 0.3) is 5.82 Å². The first-order valence-electron chi connectivity index (χ1n) is 12.1. The summed E-state index contributed by atoms with van der Waals surface area (Å²) in [5.41, 5.74) is 9.61. The molecule has 0 spiro atoms. The molecular formula is C31H28N3S+. The average Bonchev–Trinajstić information content (AvgIpc) is 3.45. The van der Waals surface area contributed by atoms with Crippen molar-refractivity contribution >= 4 is 32.6 Å². The Balaban J connectivity index is 1.63. The minimum atomic E-state index is 0.408. The summed E-state index contributed by atoms with van der Waals surface area (Å²) >= 11 is 1.83. The van der Waals surface area contributed by atoms with E-state index in [0.717, 1.165) is 11.2 Å². The fourth-order valence-corrected chi connectivity index (χ4v) is 6.08. The second-order valence-electron chi connectivity index (χ2n) is 9.43. The number of aryl methyl sites for hydroxylation is 2. The third kappa shape index (κ3) is 3.57. The van der Waals surface area contributed by atoms with E-state index < -0.39 is 0 Å². The topological polar surface area (TPSA) is 21.7 Å². The normalized spacial score (nSPS) is 11.7. The van der Waals surface area contributed by atoms with Crippen LogP contribution in [0.4, 0.5) is 0 Å². The molecule has 0 saturated carbocycles. The highest BCUT2D eigenvalue weighted by molar-refractivity contribution is 7.19. The highest BCUT2D eigenvalue weighted by Crippen LogP contribution is 2.39. The molecule has 35 heavy (non-hydrogen) atoms. The highest BCUT2D eigenvalue weighted by atomic mass is 32.1. The maximum Gasteiger partial charge on any atom is 0.296 e. The summed E-state index contributed by atoms with van der Waals surface area (Å²) in [5.74, 6) is 1.59. The molecule has 0 fully saturated rings. The number of imidazole rings is 1. The zero-order valence-electron chi connectivity index (χ0n) is 20.5. The molecule has 0 unspecified atom stereocenters. The Bertz CT molecular complexity index is 1670. The molecule has 0 aliphatic rings. The maximum absolute atomic E-state index is 4.97. The third-order valence-corrected chi connectivity index (χ3v) is 8.14. The van der Waals surface area contributed by atoms with Gasteiger partial charge in [0, 0.05) is 5.92 Å². The summed E-state index contributed by atoms with van der Waals surface area (Å²) in [6.45, 7) is 6.65. The fourth-order valence-electron chi connectivity index (χ4n) is 4.92. The number of rotatable bonds is 4. The van der Waals surface area contributed by atoms with Gasteiger partial charge in [0.2, 0.25) is 0 Å². The summed E-state index contributed by atoms with van der Waals surface area (Å²) < 4.78 is 5.99. The molecule has 172 valence electrons. The first kappa shape index (κ1) is 21.8. The summed E-state index contributed by atoms with van der Waals surface area (Å²) in [6, 6.07) is 32.5. The van der Waals surface area contributed by atoms with Gasteiger partial charge in [-0.15, -0.1) is 11.3 Å². The fraction of sp³-hybridized carbons (Fsp3) is 0.161. The lowest BCUT2D eigenvalue weighted by Gasteiger charge is -2.08. The molecule has 0 radical (unpaired) electrons. The Morgan fingerprint density at radius 1 is 0.800 bits per heavy atom. The first-order valence-corrected chi connectivity index (χ1v) is 12.9. The van der Waals surface area contributed by atoms with Crippen molar-refractivity contribution in [3.63, 3.8) is 0 Å². The van der Waals surface area contributed by atoms with Crippen LogP contribution in [-0.2, 0) is 7.05 Å². The second kappa shape index (κ2) is 8.47. The van der Waals surface area contributed by atoms with Gasteiger partial charge in [-0.05, 0) is 53.9 Å². The maximum atomic E-state index is 4.97. The molecule has 0 N–H and O–H groups in total. The van der Waals surface area contributed by atoms with Crippen LogP contribution in [0.25, 0.3) is 49.5 Å². The number of aromatic nitrogens is 3. The predicted octanol–water partition coefficient (Wildman–Crippen LogP) is 7.83. The number of hydrogen-bond acceptors (Lipinski definition) is 2. The number of nitrogens with zero attached hydrogens (tertiary/aromatic N) is 3. The standard InChI is InChI=1S/C31H28N3S/c1-20(2)30-32-25-19-14-21(3)28(29(25)35-30)31-33(4)26-12-8-9-13-27(26)34(31)24-17-15-23(16-18-24)22-10-6-5-7-11-22/h5-20H,1-4H3/q+1. The van der Waals surface area contributed by atoms with Crippen molar-refractivity contribution in [2.45, 2.75) is 26.7 Å². The number of fused-ring (bicyclic) bond motifs is 2. The molecule has 0 amide bonds. The van der Waals surface area contributed by atoms with Crippen LogP contribution >= 0.6 is 11.3 Å². The van der Waals surface area contributed by atoms with Crippen LogP contribution in [0.1, 0.15) is 30.3 Å². The zero-order valence-corrected chi connectivity index (χ0v) is 21.3. The van der Waals surface area contributed by atoms with E-state index in [1.54, 1.807) is 0 Å². The Kier molecular flexibility index (Phi) is 5.27. The van der Waals surface area contributed by atoms with Gasteiger partial charge >= 0.3 is 0 Å². The van der Waals surface area contributed by atoms with Crippen molar-refractivity contribution in [3.8, 4) is 28.2 Å². The Morgan fingerprint density at radius 3 is 2.23 bits per heavy atom. The van der Waals surface area contributed by atoms with Gasteiger partial charge in [-0.2, -0.15) is 4.57 Å². The number of hydrogen-bond donors (Lipinski definition) is 0. The molecule has 4 aromatic carbocycles. The third-order valence-electron chi connectivity index (χ3n) is 6.75. The van der Waals surface area contributed by atoms with E-state index in [1.165, 1.54) is 48.8 Å². The number of para-hydroxylation sites is 2.